The molecule has 0 fully saturated rings. The Kier molecular flexibility index (Phi) is 4.76. The average molecular weight is 378 g/mol. The van der Waals surface area contributed by atoms with Gasteiger partial charge in [-0.2, -0.15) is 0 Å². The van der Waals surface area contributed by atoms with Gasteiger partial charge in [0.15, 0.2) is 14.9 Å². The molecule has 1 heterocycles. The number of fused-ring (bicyclic) bond motifs is 1. The zero-order chi connectivity index (χ0) is 17.5. The summed E-state index contributed by atoms with van der Waals surface area (Å²) in [7, 11) is -2.86. The second-order valence-corrected chi connectivity index (χ2v) is 10.5. The molecule has 2 atom stereocenters. The minimum absolute atomic E-state index is 0.0114. The molecule has 0 radical (unpaired) electrons. The second kappa shape index (κ2) is 6.52. The van der Waals surface area contributed by atoms with E-state index in [-0.39, 0.29) is 6.04 Å². The Hall–Kier alpha value is -1.33. The molecule has 0 aliphatic carbocycles. The highest BCUT2D eigenvalue weighted by Crippen LogP contribution is 2.51. The molecule has 24 heavy (non-hydrogen) atoms. The van der Waals surface area contributed by atoms with Crippen molar-refractivity contribution in [1.82, 2.24) is 4.67 Å². The van der Waals surface area contributed by atoms with Crippen LogP contribution in [-0.2, 0) is 15.7 Å². The molecule has 1 aliphatic rings. The molecule has 0 saturated heterocycles. The summed E-state index contributed by atoms with van der Waals surface area (Å²) in [5.41, 5.74) is 0.733. The van der Waals surface area contributed by atoms with Crippen LogP contribution in [0.25, 0.3) is 0 Å². The lowest BCUT2D eigenvalue weighted by atomic mass is 10.3. The monoisotopic (exact) mass is 378 g/mol. The third-order valence-corrected chi connectivity index (χ3v) is 8.50. The van der Waals surface area contributed by atoms with Gasteiger partial charge in [0.1, 0.15) is 0 Å². The summed E-state index contributed by atoms with van der Waals surface area (Å²) in [5.74, 6) is 0. The highest BCUT2D eigenvalue weighted by Gasteiger charge is 2.38. The molecule has 1 N–H and O–H groups in total. The molecule has 4 nitrogen and oxygen atoms in total. The summed E-state index contributed by atoms with van der Waals surface area (Å²) in [5, 5.41) is 4.28. The first-order chi connectivity index (χ1) is 11.3. The van der Waals surface area contributed by atoms with Gasteiger partial charge in [-0.05, 0) is 50.3 Å². The Morgan fingerprint density at radius 1 is 1.17 bits per heavy atom. The van der Waals surface area contributed by atoms with Gasteiger partial charge in [0.25, 0.3) is 0 Å². The van der Waals surface area contributed by atoms with E-state index in [4.69, 9.17) is 12.2 Å². The highest BCUT2D eigenvalue weighted by molar-refractivity contribution is 7.91. The zero-order valence-electron chi connectivity index (χ0n) is 13.7. The SMILES string of the molecule is CC(C)N1C(=S)Nc2ccc([S+]([O-])c3ccccc3)cc2P1(C)=O. The summed E-state index contributed by atoms with van der Waals surface area (Å²) in [6.45, 7) is 5.64. The first kappa shape index (κ1) is 17.5. The van der Waals surface area contributed by atoms with E-state index in [9.17, 15) is 9.12 Å². The van der Waals surface area contributed by atoms with Gasteiger partial charge in [0.2, 0.25) is 7.29 Å². The second-order valence-electron chi connectivity index (χ2n) is 6.01. The van der Waals surface area contributed by atoms with Crippen LogP contribution in [0.2, 0.25) is 0 Å². The summed E-state index contributed by atoms with van der Waals surface area (Å²) in [6, 6.07) is 14.7. The van der Waals surface area contributed by atoms with Crippen LogP contribution in [0, 0.1) is 0 Å². The molecule has 0 spiro atoms. The molecule has 1 aliphatic heterocycles. The van der Waals surface area contributed by atoms with Crippen LogP contribution in [0.15, 0.2) is 58.3 Å². The number of nitrogens with one attached hydrogen (secondary N) is 1. The van der Waals surface area contributed by atoms with E-state index in [1.807, 2.05) is 50.2 Å². The van der Waals surface area contributed by atoms with Gasteiger partial charge in [0.05, 0.1) is 11.0 Å². The van der Waals surface area contributed by atoms with E-state index in [0.29, 0.717) is 15.3 Å². The Balaban J connectivity index is 2.07. The van der Waals surface area contributed by atoms with E-state index in [0.717, 1.165) is 10.6 Å². The normalized spacial score (nSPS) is 21.4. The summed E-state index contributed by atoms with van der Waals surface area (Å²) < 4.78 is 28.0. The van der Waals surface area contributed by atoms with Crippen LogP contribution in [-0.4, -0.2) is 27.0 Å². The van der Waals surface area contributed by atoms with Gasteiger partial charge in [0, 0.05) is 29.9 Å². The molecular formula is C17H19N2O2PS2. The third kappa shape index (κ3) is 3.00. The molecule has 2 aromatic carbocycles. The maximum absolute atomic E-state index is 13.5. The van der Waals surface area contributed by atoms with E-state index in [1.165, 1.54) is 0 Å². The van der Waals surface area contributed by atoms with E-state index in [1.54, 1.807) is 23.5 Å². The standard InChI is InChI=1S/C17H19N2O2PS2/c1-12(2)19-17(23)18-15-10-9-14(11-16(15)22(19,3)20)24(21)13-7-5-4-6-8-13/h4-12H,1-3H3,(H,18,23). The molecular weight excluding hydrogens is 359 g/mol. The maximum atomic E-state index is 13.5. The minimum atomic E-state index is -2.86. The number of rotatable bonds is 3. The van der Waals surface area contributed by atoms with Crippen LogP contribution >= 0.6 is 19.5 Å². The molecule has 0 amide bonds. The van der Waals surface area contributed by atoms with E-state index in [2.05, 4.69) is 5.32 Å². The molecule has 7 heteroatoms. The van der Waals surface area contributed by atoms with Crippen molar-refractivity contribution >= 4 is 46.8 Å². The Morgan fingerprint density at radius 3 is 2.46 bits per heavy atom. The summed E-state index contributed by atoms with van der Waals surface area (Å²) in [6.07, 6.45) is 0. The first-order valence-electron chi connectivity index (χ1n) is 7.62. The smallest absolute Gasteiger partial charge is 0.202 e. The Bertz CT molecular complexity index is 827. The van der Waals surface area contributed by atoms with Crippen molar-refractivity contribution in [1.29, 1.82) is 0 Å². The molecule has 0 saturated carbocycles. The minimum Gasteiger partial charge on any atom is -0.606 e. The number of hydrogen-bond donors (Lipinski definition) is 1. The molecule has 0 bridgehead atoms. The van der Waals surface area contributed by atoms with Gasteiger partial charge in [-0.15, -0.1) is 0 Å². The molecule has 0 aromatic heterocycles. The summed E-state index contributed by atoms with van der Waals surface area (Å²) >= 11 is 4.06. The molecule has 126 valence electrons. The number of thiocarbonyl (C=S) groups is 1. The Morgan fingerprint density at radius 2 is 1.83 bits per heavy atom. The van der Waals surface area contributed by atoms with Crippen LogP contribution in [0.5, 0.6) is 0 Å². The van der Waals surface area contributed by atoms with Gasteiger partial charge < -0.3 is 9.87 Å². The van der Waals surface area contributed by atoms with Crippen molar-refractivity contribution in [2.45, 2.75) is 29.7 Å². The largest absolute Gasteiger partial charge is 0.606 e. The lowest BCUT2D eigenvalue weighted by molar-refractivity contribution is 0.483. The topological polar surface area (TPSA) is 55.4 Å². The molecule has 3 rings (SSSR count). The summed E-state index contributed by atoms with van der Waals surface area (Å²) in [4.78, 5) is 1.36. The van der Waals surface area contributed by atoms with Gasteiger partial charge >= 0.3 is 0 Å². The molecule has 2 unspecified atom stereocenters. The van der Waals surface area contributed by atoms with Crippen LogP contribution in [0.1, 0.15) is 13.8 Å². The van der Waals surface area contributed by atoms with Gasteiger partial charge in [-0.1, -0.05) is 18.2 Å². The van der Waals surface area contributed by atoms with Gasteiger partial charge in [-0.3, -0.25) is 9.24 Å². The number of anilines is 1. The predicted octanol–water partition coefficient (Wildman–Crippen LogP) is 3.81. The van der Waals surface area contributed by atoms with Gasteiger partial charge in [-0.25, -0.2) is 0 Å². The van der Waals surface area contributed by atoms with Crippen molar-refractivity contribution in [3.8, 4) is 0 Å². The predicted molar refractivity (Wildman–Crippen MR) is 104 cm³/mol. The lowest BCUT2D eigenvalue weighted by Crippen LogP contribution is -2.44. The van der Waals surface area contributed by atoms with E-state index < -0.39 is 18.5 Å². The lowest BCUT2D eigenvalue weighted by Gasteiger charge is -2.40. The fourth-order valence-electron chi connectivity index (χ4n) is 2.89. The van der Waals surface area contributed by atoms with Crippen molar-refractivity contribution in [2.24, 2.45) is 0 Å². The number of benzene rings is 2. The zero-order valence-corrected chi connectivity index (χ0v) is 16.3. The van der Waals surface area contributed by atoms with Crippen LogP contribution in [0.4, 0.5) is 5.69 Å². The van der Waals surface area contributed by atoms with Crippen molar-refractivity contribution in [3.63, 3.8) is 0 Å². The fourth-order valence-corrected chi connectivity index (χ4v) is 7.33. The van der Waals surface area contributed by atoms with Crippen molar-refractivity contribution in [2.75, 3.05) is 12.0 Å². The Labute approximate surface area is 150 Å². The van der Waals surface area contributed by atoms with Crippen molar-refractivity contribution < 1.29 is 9.12 Å². The molecule has 2 aromatic rings. The first-order valence-corrected chi connectivity index (χ1v) is 11.3. The third-order valence-electron chi connectivity index (χ3n) is 3.94. The van der Waals surface area contributed by atoms with Crippen LogP contribution in [0.3, 0.4) is 0 Å². The number of hydrogen-bond acceptors (Lipinski definition) is 3. The quantitative estimate of drug-likeness (QED) is 0.500. The van der Waals surface area contributed by atoms with E-state index >= 15 is 0 Å². The van der Waals surface area contributed by atoms with Crippen LogP contribution < -0.4 is 10.6 Å². The fraction of sp³-hybridized carbons (Fsp3) is 0.235. The average Bonchev–Trinajstić information content (AvgIpc) is 2.54. The van der Waals surface area contributed by atoms with Crippen molar-refractivity contribution in [3.05, 3.63) is 48.5 Å². The maximum Gasteiger partial charge on any atom is 0.202 e. The number of nitrogens with zero attached hydrogens (tertiary/aromatic N) is 1. The highest BCUT2D eigenvalue weighted by atomic mass is 32.2.